The molecule has 0 bridgehead atoms. The second kappa shape index (κ2) is 12.8. The number of carbonyl (C=O) groups is 3. The number of amides is 1. The molecule has 108 valence electrons. The number of hydrogen-bond donors (Lipinski definition) is 6. The molecule has 7 nitrogen and oxygen atoms in total. The number of aliphatic carboxylic acids is 2. The van der Waals surface area contributed by atoms with E-state index in [-0.39, 0.29) is 29.8 Å². The van der Waals surface area contributed by atoms with Crippen molar-refractivity contribution in [3.63, 3.8) is 0 Å². The van der Waals surface area contributed by atoms with E-state index >= 15 is 0 Å². The molecule has 0 rings (SSSR count). The molecule has 0 aromatic heterocycles. The van der Waals surface area contributed by atoms with E-state index in [1.165, 1.54) is 6.92 Å². The minimum atomic E-state index is -1.06. The fraction of sp³-hybridized carbons (Fsp3) is 0.625. The third kappa shape index (κ3) is 13.4. The van der Waals surface area contributed by atoms with Crippen LogP contribution in [0, 0.1) is 0 Å². The maximum absolute atomic E-state index is 10.3. The fourth-order valence-corrected chi connectivity index (χ4v) is 0.913. The molecule has 10 heteroatoms. The minimum Gasteiger partial charge on any atom is -0.480 e. The summed E-state index contributed by atoms with van der Waals surface area (Å²) in [5, 5.41) is 18.6. The first-order valence-electron chi connectivity index (χ1n) is 4.46. The van der Waals surface area contributed by atoms with Crippen LogP contribution in [-0.4, -0.2) is 51.6 Å². The molecule has 0 aromatic rings. The van der Waals surface area contributed by atoms with Crippen LogP contribution in [0.3, 0.4) is 0 Å². The van der Waals surface area contributed by atoms with Crippen LogP contribution in [-0.2, 0) is 14.4 Å². The first-order chi connectivity index (χ1) is 7.76. The molecule has 2 unspecified atom stereocenters. The lowest BCUT2D eigenvalue weighted by molar-refractivity contribution is -0.140. The molecule has 0 spiro atoms. The van der Waals surface area contributed by atoms with Gasteiger partial charge in [0, 0.05) is 18.4 Å². The van der Waals surface area contributed by atoms with E-state index in [0.717, 1.165) is 0 Å². The maximum Gasteiger partial charge on any atom is 0.327 e. The van der Waals surface area contributed by atoms with Gasteiger partial charge >= 0.3 is 11.9 Å². The number of nitrogens with two attached hydrogens (primary N) is 1. The van der Waals surface area contributed by atoms with Gasteiger partial charge in [0.25, 0.3) is 0 Å². The van der Waals surface area contributed by atoms with Crippen molar-refractivity contribution in [1.82, 2.24) is 5.32 Å². The van der Waals surface area contributed by atoms with Gasteiger partial charge in [-0.3, -0.25) is 9.59 Å². The molecular formula is C8H17ClN2O5S2. The van der Waals surface area contributed by atoms with Crippen molar-refractivity contribution >= 4 is 55.5 Å². The normalized spacial score (nSPS) is 12.0. The van der Waals surface area contributed by atoms with Crippen molar-refractivity contribution in [2.75, 3.05) is 11.5 Å². The van der Waals surface area contributed by atoms with E-state index in [1.54, 1.807) is 0 Å². The summed E-state index contributed by atoms with van der Waals surface area (Å²) < 4.78 is 0. The molecule has 2 atom stereocenters. The van der Waals surface area contributed by atoms with E-state index in [9.17, 15) is 14.4 Å². The summed E-state index contributed by atoms with van der Waals surface area (Å²) in [7, 11) is 0. The van der Waals surface area contributed by atoms with Crippen molar-refractivity contribution in [1.29, 1.82) is 0 Å². The van der Waals surface area contributed by atoms with Gasteiger partial charge in [-0.15, -0.1) is 12.4 Å². The van der Waals surface area contributed by atoms with Gasteiger partial charge in [-0.05, 0) is 0 Å². The Morgan fingerprint density at radius 3 is 1.67 bits per heavy atom. The molecular weight excluding hydrogens is 304 g/mol. The zero-order chi connectivity index (χ0) is 14.0. The number of thiol groups is 2. The number of carbonyl (C=O) groups excluding carboxylic acids is 1. The zero-order valence-corrected chi connectivity index (χ0v) is 12.2. The predicted molar refractivity (Wildman–Crippen MR) is 75.8 cm³/mol. The Balaban J connectivity index is -0.000000251. The molecule has 0 saturated carbocycles. The Hall–Kier alpha value is -0.640. The highest BCUT2D eigenvalue weighted by Gasteiger charge is 2.15. The fourth-order valence-electron chi connectivity index (χ4n) is 0.509. The second-order valence-electron chi connectivity index (χ2n) is 2.90. The lowest BCUT2D eigenvalue weighted by Gasteiger charge is -2.08. The van der Waals surface area contributed by atoms with Crippen molar-refractivity contribution < 1.29 is 24.6 Å². The van der Waals surface area contributed by atoms with Crippen LogP contribution in [0.1, 0.15) is 6.92 Å². The molecule has 0 radical (unpaired) electrons. The Bertz CT molecular complexity index is 280. The van der Waals surface area contributed by atoms with Gasteiger partial charge in [-0.1, -0.05) is 0 Å². The predicted octanol–water partition coefficient (Wildman–Crippen LogP) is -0.745. The number of rotatable bonds is 5. The van der Waals surface area contributed by atoms with Crippen molar-refractivity contribution in [2.24, 2.45) is 5.73 Å². The third-order valence-corrected chi connectivity index (χ3v) is 2.13. The topological polar surface area (TPSA) is 130 Å². The van der Waals surface area contributed by atoms with Gasteiger partial charge in [0.05, 0.1) is 0 Å². The van der Waals surface area contributed by atoms with Crippen LogP contribution in [0.5, 0.6) is 0 Å². The summed E-state index contributed by atoms with van der Waals surface area (Å²) in [6.45, 7) is 1.26. The van der Waals surface area contributed by atoms with E-state index in [4.69, 9.17) is 15.9 Å². The third-order valence-electron chi connectivity index (χ3n) is 1.37. The summed E-state index contributed by atoms with van der Waals surface area (Å²) >= 11 is 7.38. The lowest BCUT2D eigenvalue weighted by atomic mass is 10.3. The molecule has 0 saturated heterocycles. The zero-order valence-electron chi connectivity index (χ0n) is 9.57. The SMILES string of the molecule is CC(=O)NC(CS)C(=O)O.Cl.NC(CS)C(=O)O. The smallest absolute Gasteiger partial charge is 0.327 e. The maximum atomic E-state index is 10.3. The van der Waals surface area contributed by atoms with E-state index in [1.807, 2.05) is 0 Å². The highest BCUT2D eigenvalue weighted by molar-refractivity contribution is 7.80. The monoisotopic (exact) mass is 320 g/mol. The molecule has 5 N–H and O–H groups in total. The van der Waals surface area contributed by atoms with Crippen LogP contribution in [0.15, 0.2) is 0 Å². The van der Waals surface area contributed by atoms with Crippen molar-refractivity contribution in [2.45, 2.75) is 19.0 Å². The molecule has 0 aliphatic rings. The Morgan fingerprint density at radius 1 is 1.17 bits per heavy atom. The highest BCUT2D eigenvalue weighted by atomic mass is 35.5. The average Bonchev–Trinajstić information content (AvgIpc) is 2.24. The number of halogens is 1. The largest absolute Gasteiger partial charge is 0.480 e. The van der Waals surface area contributed by atoms with Gasteiger partial charge in [-0.25, -0.2) is 4.79 Å². The summed E-state index contributed by atoms with van der Waals surface area (Å²) in [6.07, 6.45) is 0. The number of nitrogens with one attached hydrogen (secondary N) is 1. The number of hydrogen-bond acceptors (Lipinski definition) is 6. The first-order valence-corrected chi connectivity index (χ1v) is 5.72. The first kappa shape index (κ1) is 22.5. The molecule has 0 fully saturated rings. The highest BCUT2D eigenvalue weighted by Crippen LogP contribution is 1.87. The van der Waals surface area contributed by atoms with Crippen molar-refractivity contribution in [3.8, 4) is 0 Å². The van der Waals surface area contributed by atoms with E-state index in [0.29, 0.717) is 0 Å². The summed E-state index contributed by atoms with van der Waals surface area (Å²) in [4.78, 5) is 30.3. The molecule has 18 heavy (non-hydrogen) atoms. The van der Waals surface area contributed by atoms with E-state index < -0.39 is 24.0 Å². The van der Waals surface area contributed by atoms with Gasteiger partial charge in [0.2, 0.25) is 5.91 Å². The molecule has 1 amide bonds. The average molecular weight is 321 g/mol. The summed E-state index contributed by atoms with van der Waals surface area (Å²) in [6, 6.07) is -1.69. The standard InChI is InChI=1S/C5H9NO3S.C3H7NO2S.ClH/c1-3(7)6-4(2-10)5(8)9;4-2(1-7)3(5)6;/h4,10H,2H2,1H3,(H,6,7)(H,8,9);2,7H,1,4H2,(H,5,6);1H. The van der Waals surface area contributed by atoms with Crippen molar-refractivity contribution in [3.05, 3.63) is 0 Å². The number of carboxylic acids is 2. The van der Waals surface area contributed by atoms with Crippen LogP contribution in [0.25, 0.3) is 0 Å². The quantitative estimate of drug-likeness (QED) is 0.370. The Labute approximate surface area is 122 Å². The van der Waals surface area contributed by atoms with Crippen LogP contribution in [0.2, 0.25) is 0 Å². The van der Waals surface area contributed by atoms with Crippen LogP contribution >= 0.6 is 37.7 Å². The van der Waals surface area contributed by atoms with Gasteiger partial charge in [0.1, 0.15) is 12.1 Å². The Morgan fingerprint density at radius 2 is 1.61 bits per heavy atom. The van der Waals surface area contributed by atoms with Crippen LogP contribution in [0.4, 0.5) is 0 Å². The molecule has 0 heterocycles. The van der Waals surface area contributed by atoms with E-state index in [2.05, 4.69) is 30.6 Å². The molecule has 0 aromatic carbocycles. The van der Waals surface area contributed by atoms with Gasteiger partial charge in [0.15, 0.2) is 0 Å². The number of carboxylic acid groups (broad SMARTS) is 2. The lowest BCUT2D eigenvalue weighted by Crippen LogP contribution is -2.40. The summed E-state index contributed by atoms with van der Waals surface area (Å²) in [5.41, 5.74) is 4.94. The second-order valence-corrected chi connectivity index (χ2v) is 3.63. The van der Waals surface area contributed by atoms with Gasteiger partial charge in [-0.2, -0.15) is 25.3 Å². The molecule has 0 aliphatic heterocycles. The minimum absolute atomic E-state index is 0. The summed E-state index contributed by atoms with van der Waals surface area (Å²) in [5.74, 6) is -2.13. The van der Waals surface area contributed by atoms with Gasteiger partial charge < -0.3 is 21.3 Å². The molecule has 0 aliphatic carbocycles. The van der Waals surface area contributed by atoms with Crippen LogP contribution < -0.4 is 11.1 Å². The Kier molecular flexibility index (Phi) is 16.0.